The fraction of sp³-hybridized carbons (Fsp3) is 0.850. The van der Waals surface area contributed by atoms with Gasteiger partial charge < -0.3 is 10.2 Å². The van der Waals surface area contributed by atoms with Crippen molar-refractivity contribution in [2.45, 2.75) is 97.8 Å². The quantitative estimate of drug-likeness (QED) is 0.400. The Kier molecular flexibility index (Phi) is 11.7. The van der Waals surface area contributed by atoms with Crippen LogP contribution in [0.25, 0.3) is 0 Å². The lowest BCUT2D eigenvalue weighted by atomic mass is 10.00. The molecule has 3 nitrogen and oxygen atoms in total. The summed E-state index contributed by atoms with van der Waals surface area (Å²) in [6.45, 7) is 8.54. The van der Waals surface area contributed by atoms with Crippen molar-refractivity contribution in [3.05, 3.63) is 11.3 Å². The minimum Gasteiger partial charge on any atom is -0.391 e. The third kappa shape index (κ3) is 8.43. The summed E-state index contributed by atoms with van der Waals surface area (Å²) < 4.78 is 0. The summed E-state index contributed by atoms with van der Waals surface area (Å²) in [6.07, 6.45) is 15.0. The van der Waals surface area contributed by atoms with Gasteiger partial charge in [-0.05, 0) is 32.1 Å². The first kappa shape index (κ1) is 20.1. The Labute approximate surface area is 143 Å². The Bertz CT molecular complexity index is 361. The molecule has 23 heavy (non-hydrogen) atoms. The third-order valence-corrected chi connectivity index (χ3v) is 4.51. The Hall–Kier alpha value is -0.990. The molecule has 1 N–H and O–H groups in total. The Morgan fingerprint density at radius 1 is 0.913 bits per heavy atom. The zero-order chi connectivity index (χ0) is 16.8. The van der Waals surface area contributed by atoms with Gasteiger partial charge in [-0.2, -0.15) is 0 Å². The highest BCUT2D eigenvalue weighted by molar-refractivity contribution is 6.01. The van der Waals surface area contributed by atoms with Gasteiger partial charge in [0.1, 0.15) is 6.61 Å². The zero-order valence-electron chi connectivity index (χ0n) is 15.8. The maximum atomic E-state index is 5.43. The molecular weight excluding hydrogens is 284 g/mol. The molecular formula is C20H38N2O. The summed E-state index contributed by atoms with van der Waals surface area (Å²) in [6, 6.07) is 0. The first-order valence-electron chi connectivity index (χ1n) is 9.98. The average Bonchev–Trinajstić information content (AvgIpc) is 3.02. The lowest BCUT2D eigenvalue weighted by molar-refractivity contribution is 0.186. The zero-order valence-corrected chi connectivity index (χ0v) is 15.8. The highest BCUT2D eigenvalue weighted by Gasteiger charge is 2.19. The van der Waals surface area contributed by atoms with E-state index < -0.39 is 0 Å². The monoisotopic (exact) mass is 322 g/mol. The van der Waals surface area contributed by atoms with Gasteiger partial charge in [0.2, 0.25) is 0 Å². The maximum Gasteiger partial charge on any atom is 0.145 e. The van der Waals surface area contributed by atoms with Crippen LogP contribution in [0.4, 0.5) is 0 Å². The van der Waals surface area contributed by atoms with Crippen LogP contribution in [0.1, 0.15) is 97.8 Å². The molecule has 0 saturated carbocycles. The molecule has 0 aromatic heterocycles. The van der Waals surface area contributed by atoms with E-state index in [1.807, 2.05) is 0 Å². The number of allylic oxidation sites excluding steroid dienone is 1. The topological polar surface area (TPSA) is 33.6 Å². The van der Waals surface area contributed by atoms with E-state index >= 15 is 0 Å². The Balaban J connectivity index is 2.58. The van der Waals surface area contributed by atoms with Gasteiger partial charge in [0, 0.05) is 17.8 Å². The normalized spacial score (nSPS) is 16.2. The summed E-state index contributed by atoms with van der Waals surface area (Å²) in [7, 11) is 0. The van der Waals surface area contributed by atoms with Crippen LogP contribution in [0, 0.1) is 0 Å². The minimum atomic E-state index is 0.672. The second-order valence-corrected chi connectivity index (χ2v) is 6.67. The number of hydrogen-bond acceptors (Lipinski definition) is 3. The molecule has 0 aromatic rings. The van der Waals surface area contributed by atoms with Crippen LogP contribution in [0.3, 0.4) is 0 Å². The van der Waals surface area contributed by atoms with Crippen LogP contribution < -0.4 is 5.32 Å². The SMILES string of the molecule is CCCCCCC1=NOCC1=C(CCCCC)NCCCCC. The molecule has 0 radical (unpaired) electrons. The molecule has 0 unspecified atom stereocenters. The molecule has 0 saturated heterocycles. The number of unbranched alkanes of at least 4 members (excludes halogenated alkanes) is 7. The van der Waals surface area contributed by atoms with Crippen LogP contribution >= 0.6 is 0 Å². The van der Waals surface area contributed by atoms with Gasteiger partial charge >= 0.3 is 0 Å². The first-order chi connectivity index (χ1) is 11.3. The second kappa shape index (κ2) is 13.4. The Morgan fingerprint density at radius 3 is 2.35 bits per heavy atom. The smallest absolute Gasteiger partial charge is 0.145 e. The second-order valence-electron chi connectivity index (χ2n) is 6.67. The lowest BCUT2D eigenvalue weighted by Gasteiger charge is -2.15. The summed E-state index contributed by atoms with van der Waals surface area (Å²) >= 11 is 0. The molecule has 0 aromatic carbocycles. The number of nitrogens with zero attached hydrogens (tertiary/aromatic N) is 1. The number of hydrogen-bond donors (Lipinski definition) is 1. The molecule has 0 amide bonds. The van der Waals surface area contributed by atoms with Gasteiger partial charge in [-0.25, -0.2) is 0 Å². The molecule has 0 aliphatic carbocycles. The fourth-order valence-electron chi connectivity index (χ4n) is 3.00. The largest absolute Gasteiger partial charge is 0.391 e. The fourth-order valence-corrected chi connectivity index (χ4v) is 3.00. The van der Waals surface area contributed by atoms with Crippen molar-refractivity contribution in [2.75, 3.05) is 13.2 Å². The molecule has 0 atom stereocenters. The van der Waals surface area contributed by atoms with Gasteiger partial charge in [-0.15, -0.1) is 0 Å². The Morgan fingerprint density at radius 2 is 1.61 bits per heavy atom. The molecule has 1 heterocycles. The lowest BCUT2D eigenvalue weighted by Crippen LogP contribution is -2.20. The summed E-state index contributed by atoms with van der Waals surface area (Å²) in [5.74, 6) is 0. The van der Waals surface area contributed by atoms with Gasteiger partial charge in [-0.1, -0.05) is 70.9 Å². The van der Waals surface area contributed by atoms with Gasteiger partial charge in [0.15, 0.2) is 0 Å². The third-order valence-electron chi connectivity index (χ3n) is 4.51. The van der Waals surface area contributed by atoms with E-state index in [1.54, 1.807) is 0 Å². The van der Waals surface area contributed by atoms with E-state index in [2.05, 4.69) is 31.2 Å². The molecule has 1 aliphatic heterocycles. The highest BCUT2D eigenvalue weighted by Crippen LogP contribution is 2.21. The predicted octanol–water partition coefficient (Wildman–Crippen LogP) is 5.96. The molecule has 1 aliphatic rings. The van der Waals surface area contributed by atoms with Crippen LogP contribution in [-0.2, 0) is 4.84 Å². The van der Waals surface area contributed by atoms with E-state index in [-0.39, 0.29) is 0 Å². The summed E-state index contributed by atoms with van der Waals surface area (Å²) in [5, 5.41) is 8.03. The van der Waals surface area contributed by atoms with Gasteiger partial charge in [0.05, 0.1) is 5.71 Å². The predicted molar refractivity (Wildman–Crippen MR) is 101 cm³/mol. The van der Waals surface area contributed by atoms with Crippen LogP contribution in [-0.4, -0.2) is 18.9 Å². The van der Waals surface area contributed by atoms with Gasteiger partial charge in [0.25, 0.3) is 0 Å². The van der Waals surface area contributed by atoms with Crippen molar-refractivity contribution in [3.63, 3.8) is 0 Å². The molecule has 134 valence electrons. The van der Waals surface area contributed by atoms with Gasteiger partial charge in [-0.3, -0.25) is 0 Å². The van der Waals surface area contributed by atoms with Crippen LogP contribution in [0.5, 0.6) is 0 Å². The van der Waals surface area contributed by atoms with Crippen molar-refractivity contribution in [1.29, 1.82) is 0 Å². The molecule has 0 bridgehead atoms. The van der Waals surface area contributed by atoms with Crippen molar-refractivity contribution in [2.24, 2.45) is 5.16 Å². The van der Waals surface area contributed by atoms with E-state index in [0.717, 1.165) is 19.4 Å². The van der Waals surface area contributed by atoms with E-state index in [0.29, 0.717) is 6.61 Å². The highest BCUT2D eigenvalue weighted by atomic mass is 16.6. The average molecular weight is 323 g/mol. The van der Waals surface area contributed by atoms with Crippen molar-refractivity contribution < 1.29 is 4.84 Å². The maximum absolute atomic E-state index is 5.43. The van der Waals surface area contributed by atoms with E-state index in [4.69, 9.17) is 4.84 Å². The standard InChI is InChI=1S/C20H38N2O/c1-4-7-10-12-15-20-18(17-23-22-20)19(14-11-8-5-2)21-16-13-9-6-3/h21H,4-17H2,1-3H3. The van der Waals surface area contributed by atoms with Crippen molar-refractivity contribution in [3.8, 4) is 0 Å². The van der Waals surface area contributed by atoms with E-state index in [9.17, 15) is 0 Å². The molecule has 0 fully saturated rings. The minimum absolute atomic E-state index is 0.672. The number of rotatable bonds is 14. The van der Waals surface area contributed by atoms with Crippen molar-refractivity contribution >= 4 is 5.71 Å². The summed E-state index contributed by atoms with van der Waals surface area (Å²) in [4.78, 5) is 5.43. The summed E-state index contributed by atoms with van der Waals surface area (Å²) in [5.41, 5.74) is 3.96. The van der Waals surface area contributed by atoms with E-state index in [1.165, 1.54) is 81.2 Å². The number of oxime groups is 1. The molecule has 1 rings (SSSR count). The van der Waals surface area contributed by atoms with Crippen LogP contribution in [0.2, 0.25) is 0 Å². The number of nitrogens with one attached hydrogen (secondary N) is 1. The van der Waals surface area contributed by atoms with Crippen LogP contribution in [0.15, 0.2) is 16.4 Å². The van der Waals surface area contributed by atoms with Crippen molar-refractivity contribution in [1.82, 2.24) is 5.32 Å². The molecule has 3 heteroatoms. The first-order valence-corrected chi connectivity index (χ1v) is 9.98. The molecule has 0 spiro atoms.